The third-order valence-electron chi connectivity index (χ3n) is 6.39. The fourth-order valence-electron chi connectivity index (χ4n) is 4.05. The largest absolute Gasteiger partial charge is 0.490 e. The number of nitrogens with one attached hydrogen (secondary N) is 1. The lowest BCUT2D eigenvalue weighted by Gasteiger charge is -2.17. The van der Waals surface area contributed by atoms with Gasteiger partial charge in [-0.3, -0.25) is 10.1 Å². The number of nitrogens with zero attached hydrogens (tertiary/aromatic N) is 1. The van der Waals surface area contributed by atoms with Crippen molar-refractivity contribution in [2.45, 2.75) is 56.3 Å². The molecule has 1 aromatic rings. The molecule has 2 aliphatic carbocycles. The Hall–Kier alpha value is -2.16. The van der Waals surface area contributed by atoms with Gasteiger partial charge in [-0.1, -0.05) is 12.8 Å². The van der Waals surface area contributed by atoms with Crippen LogP contribution in [0.2, 0.25) is 0 Å². The normalized spacial score (nSPS) is 20.1. The summed E-state index contributed by atoms with van der Waals surface area (Å²) in [7, 11) is -3.53. The van der Waals surface area contributed by atoms with E-state index in [-0.39, 0.29) is 40.3 Å². The highest BCUT2D eigenvalue weighted by atomic mass is 32.2. The Morgan fingerprint density at radius 2 is 1.94 bits per heavy atom. The molecule has 2 saturated carbocycles. The summed E-state index contributed by atoms with van der Waals surface area (Å²) >= 11 is 0. The monoisotopic (exact) mass is 452 g/mol. The van der Waals surface area contributed by atoms with Gasteiger partial charge in [-0.05, 0) is 62.0 Å². The van der Waals surface area contributed by atoms with Crippen molar-refractivity contribution in [1.82, 2.24) is 10.2 Å². The van der Waals surface area contributed by atoms with Crippen molar-refractivity contribution in [3.8, 4) is 5.75 Å². The van der Waals surface area contributed by atoms with Gasteiger partial charge in [0.1, 0.15) is 6.54 Å². The summed E-state index contributed by atoms with van der Waals surface area (Å²) in [6, 6.07) is 3.49. The maximum absolute atomic E-state index is 14.0. The Morgan fingerprint density at radius 1 is 1.16 bits per heavy atom. The Kier molecular flexibility index (Phi) is 6.23. The lowest BCUT2D eigenvalue weighted by atomic mass is 10.0. The zero-order valence-corrected chi connectivity index (χ0v) is 18.4. The minimum Gasteiger partial charge on any atom is -0.490 e. The van der Waals surface area contributed by atoms with Crippen molar-refractivity contribution >= 4 is 21.8 Å². The highest BCUT2D eigenvalue weighted by Gasteiger charge is 2.45. The molecule has 1 aromatic carbocycles. The topological polar surface area (TPSA) is 92.8 Å². The lowest BCUT2D eigenvalue weighted by molar-refractivity contribution is -0.118. The average molecular weight is 453 g/mol. The first-order valence-electron chi connectivity index (χ1n) is 11.0. The number of hydrogen-bond donors (Lipinski definition) is 1. The van der Waals surface area contributed by atoms with Crippen molar-refractivity contribution in [3.05, 3.63) is 24.0 Å². The van der Waals surface area contributed by atoms with E-state index in [2.05, 4.69) is 5.32 Å². The van der Waals surface area contributed by atoms with E-state index in [0.29, 0.717) is 19.1 Å². The van der Waals surface area contributed by atoms with E-state index in [0.717, 1.165) is 51.4 Å². The molecule has 0 aromatic heterocycles. The van der Waals surface area contributed by atoms with E-state index in [1.807, 2.05) is 0 Å². The molecular weight excluding hydrogens is 423 g/mol. The average Bonchev–Trinajstić information content (AvgIpc) is 3.63. The molecule has 7 nitrogen and oxygen atoms in total. The fraction of sp³-hybridized carbons (Fsp3) is 0.636. The molecule has 3 aliphatic rings. The van der Waals surface area contributed by atoms with Crippen LogP contribution in [-0.4, -0.2) is 50.7 Å². The molecule has 0 spiro atoms. The maximum atomic E-state index is 14.0. The molecule has 3 amide bonds. The number of amides is 3. The smallest absolute Gasteiger partial charge is 0.324 e. The summed E-state index contributed by atoms with van der Waals surface area (Å²) in [4.78, 5) is 24.3. The highest BCUT2D eigenvalue weighted by molar-refractivity contribution is 7.91. The zero-order chi connectivity index (χ0) is 22.1. The van der Waals surface area contributed by atoms with E-state index in [4.69, 9.17) is 4.74 Å². The van der Waals surface area contributed by atoms with Crippen LogP contribution < -0.4 is 10.1 Å². The van der Waals surface area contributed by atoms with Gasteiger partial charge < -0.3 is 9.64 Å². The van der Waals surface area contributed by atoms with Gasteiger partial charge in [0.05, 0.1) is 17.3 Å². The summed E-state index contributed by atoms with van der Waals surface area (Å²) in [5, 5.41) is 2.26. The van der Waals surface area contributed by atoms with Crippen LogP contribution in [0.5, 0.6) is 5.75 Å². The molecule has 0 bridgehead atoms. The van der Waals surface area contributed by atoms with Crippen molar-refractivity contribution in [2.75, 3.05) is 25.4 Å². The first-order chi connectivity index (χ1) is 14.8. The van der Waals surface area contributed by atoms with Crippen molar-refractivity contribution in [1.29, 1.82) is 0 Å². The van der Waals surface area contributed by atoms with Crippen LogP contribution in [0.4, 0.5) is 9.18 Å². The Bertz CT molecular complexity index is 957. The first kappa shape index (κ1) is 22.0. The van der Waals surface area contributed by atoms with Gasteiger partial charge in [0.15, 0.2) is 21.4 Å². The molecule has 0 radical (unpaired) electrons. The summed E-state index contributed by atoms with van der Waals surface area (Å²) < 4.78 is 45.4. The zero-order valence-electron chi connectivity index (χ0n) is 17.6. The van der Waals surface area contributed by atoms with E-state index < -0.39 is 15.7 Å². The maximum Gasteiger partial charge on any atom is 0.324 e. The predicted octanol–water partition coefficient (Wildman–Crippen LogP) is 3.28. The van der Waals surface area contributed by atoms with Crippen LogP contribution in [0.3, 0.4) is 0 Å². The summed E-state index contributed by atoms with van der Waals surface area (Å²) in [6.07, 6.45) is 7.24. The van der Waals surface area contributed by atoms with Crippen LogP contribution in [0, 0.1) is 17.2 Å². The lowest BCUT2D eigenvalue weighted by Crippen LogP contribution is -2.29. The quantitative estimate of drug-likeness (QED) is 0.298. The Morgan fingerprint density at radius 3 is 2.58 bits per heavy atom. The minimum absolute atomic E-state index is 0.0160. The van der Waals surface area contributed by atoms with Crippen LogP contribution >= 0.6 is 0 Å². The number of rotatable bonds is 12. The molecule has 4 rings (SSSR count). The molecule has 0 atom stereocenters. The highest BCUT2D eigenvalue weighted by Crippen LogP contribution is 2.51. The number of imide groups is 1. The second-order valence-corrected chi connectivity index (χ2v) is 11.2. The number of urea groups is 1. The van der Waals surface area contributed by atoms with Crippen molar-refractivity contribution in [2.24, 2.45) is 11.3 Å². The molecule has 170 valence electrons. The number of unbranched alkanes of at least 4 members (excludes halogenated alkanes) is 2. The molecule has 3 fully saturated rings. The number of carbonyl (C=O) groups excluding carboxylic acids is 2. The first-order valence-corrected chi connectivity index (χ1v) is 12.7. The molecule has 31 heavy (non-hydrogen) atoms. The number of sulfone groups is 1. The number of carbonyl (C=O) groups is 2. The Labute approximate surface area is 182 Å². The molecule has 9 heteroatoms. The molecule has 1 N–H and O–H groups in total. The third kappa shape index (κ3) is 5.75. The molecule has 1 aliphatic heterocycles. The van der Waals surface area contributed by atoms with Crippen molar-refractivity contribution in [3.63, 3.8) is 0 Å². The van der Waals surface area contributed by atoms with E-state index in [1.165, 1.54) is 23.1 Å². The van der Waals surface area contributed by atoms with E-state index in [9.17, 15) is 22.4 Å². The predicted molar refractivity (Wildman–Crippen MR) is 112 cm³/mol. The SMILES string of the molecule is O=C1CN(CCCCCC2(CS(=O)(=O)c3ccc(F)c(OCC4CC4)c3)CC2)C(=O)N1. The molecular formula is C22H29FN2O5S. The van der Waals surface area contributed by atoms with Crippen LogP contribution in [0.25, 0.3) is 0 Å². The van der Waals surface area contributed by atoms with Gasteiger partial charge in [0, 0.05) is 12.6 Å². The standard InChI is InChI=1S/C22H29FN2O5S/c23-18-7-6-17(12-19(18)30-14-16-4-5-16)31(28,29)15-22(9-10-22)8-2-1-3-11-25-13-20(26)24-21(25)27/h6-7,12,16H,1-5,8-11,13-15H2,(H,24,26,27). The molecule has 0 unspecified atom stereocenters. The summed E-state index contributed by atoms with van der Waals surface area (Å²) in [5.74, 6) is -0.267. The van der Waals surface area contributed by atoms with Gasteiger partial charge in [-0.15, -0.1) is 0 Å². The van der Waals surface area contributed by atoms with Crippen LogP contribution in [-0.2, 0) is 14.6 Å². The fourth-order valence-corrected chi connectivity index (χ4v) is 6.02. The number of halogens is 1. The van der Waals surface area contributed by atoms with Gasteiger partial charge in [-0.2, -0.15) is 0 Å². The van der Waals surface area contributed by atoms with Gasteiger partial charge in [0.25, 0.3) is 0 Å². The van der Waals surface area contributed by atoms with Crippen LogP contribution in [0.15, 0.2) is 23.1 Å². The van der Waals surface area contributed by atoms with Gasteiger partial charge >= 0.3 is 6.03 Å². The second kappa shape index (κ2) is 8.76. The summed E-state index contributed by atoms with van der Waals surface area (Å²) in [5.41, 5.74) is -0.205. The third-order valence-corrected chi connectivity index (χ3v) is 8.35. The van der Waals surface area contributed by atoms with Crippen molar-refractivity contribution < 1.29 is 27.1 Å². The van der Waals surface area contributed by atoms with Gasteiger partial charge in [0.2, 0.25) is 5.91 Å². The second-order valence-electron chi connectivity index (χ2n) is 9.19. The number of benzene rings is 1. The van der Waals surface area contributed by atoms with Crippen LogP contribution in [0.1, 0.15) is 51.4 Å². The number of ether oxygens (including phenoxy) is 1. The van der Waals surface area contributed by atoms with Gasteiger partial charge in [-0.25, -0.2) is 17.6 Å². The summed E-state index contributed by atoms with van der Waals surface area (Å²) in [6.45, 7) is 1.07. The molecule has 1 heterocycles. The minimum atomic E-state index is -3.53. The molecule has 1 saturated heterocycles. The van der Waals surface area contributed by atoms with E-state index >= 15 is 0 Å². The Balaban J connectivity index is 1.26. The van der Waals surface area contributed by atoms with E-state index in [1.54, 1.807) is 0 Å². The number of hydrogen-bond acceptors (Lipinski definition) is 5.